The second-order valence-electron chi connectivity index (χ2n) is 8.85. The van der Waals surface area contributed by atoms with Crippen molar-refractivity contribution in [3.8, 4) is 0 Å². The average Bonchev–Trinajstić information content (AvgIpc) is 3.56. The Kier molecular flexibility index (Phi) is 8.11. The van der Waals surface area contributed by atoms with Gasteiger partial charge in [-0.2, -0.15) is 0 Å². The van der Waals surface area contributed by atoms with E-state index in [4.69, 9.17) is 16.2 Å². The van der Waals surface area contributed by atoms with E-state index in [1.807, 2.05) is 0 Å². The maximum absolute atomic E-state index is 13.0. The van der Waals surface area contributed by atoms with Crippen molar-refractivity contribution in [3.05, 3.63) is 0 Å². The molecule has 0 aromatic heterocycles. The monoisotopic (exact) mass is 496 g/mol. The molecule has 1 aliphatic carbocycles. The summed E-state index contributed by atoms with van der Waals surface area (Å²) in [5, 5.41) is 18.5. The zero-order valence-corrected chi connectivity index (χ0v) is 19.4. The molecule has 2 heterocycles. The molecule has 0 radical (unpaired) electrons. The number of esters is 1. The van der Waals surface area contributed by atoms with Gasteiger partial charge in [0.05, 0.1) is 20.1 Å². The predicted molar refractivity (Wildman–Crippen MR) is 120 cm³/mol. The number of carbonyl (C=O) groups is 5. The molecule has 3 aliphatic rings. The Morgan fingerprint density at radius 1 is 1.20 bits per heavy atom. The van der Waals surface area contributed by atoms with Gasteiger partial charge in [0.1, 0.15) is 17.6 Å². The Bertz CT molecular complexity index is 908. The van der Waals surface area contributed by atoms with Crippen LogP contribution in [-0.2, 0) is 28.7 Å². The van der Waals surface area contributed by atoms with Gasteiger partial charge in [0.15, 0.2) is 5.96 Å². The lowest BCUT2D eigenvalue weighted by atomic mass is 9.97. The van der Waals surface area contributed by atoms with Gasteiger partial charge in [-0.1, -0.05) is 0 Å². The molecule has 2 aliphatic heterocycles. The number of fused-ring (bicyclic) bond motifs is 6. The molecule has 0 spiro atoms. The first-order valence-electron chi connectivity index (χ1n) is 11.3. The Morgan fingerprint density at radius 2 is 1.94 bits per heavy atom. The number of piperidine rings is 1. The molecule has 194 valence electrons. The molecule has 3 rings (SSSR count). The van der Waals surface area contributed by atoms with E-state index >= 15 is 0 Å². The minimum atomic E-state index is -1.34. The Hall–Kier alpha value is -3.46. The van der Waals surface area contributed by atoms with Crippen molar-refractivity contribution in [1.29, 1.82) is 0 Å². The van der Waals surface area contributed by atoms with E-state index in [2.05, 4.69) is 26.4 Å². The molecule has 6 atom stereocenters. The third kappa shape index (κ3) is 5.97. The van der Waals surface area contributed by atoms with Gasteiger partial charge in [0.2, 0.25) is 17.7 Å². The maximum atomic E-state index is 13.0. The molecule has 15 nitrogen and oxygen atoms in total. The van der Waals surface area contributed by atoms with E-state index in [1.165, 1.54) is 7.11 Å². The summed E-state index contributed by atoms with van der Waals surface area (Å²) < 4.78 is 5.04. The van der Waals surface area contributed by atoms with E-state index in [1.54, 1.807) is 5.01 Å². The summed E-state index contributed by atoms with van der Waals surface area (Å²) in [5.41, 5.74) is 12.7. The van der Waals surface area contributed by atoms with Crippen LogP contribution in [0.2, 0.25) is 0 Å². The molecule has 3 fully saturated rings. The molecule has 2 unspecified atom stereocenters. The highest BCUT2D eigenvalue weighted by Crippen LogP contribution is 2.54. The number of nitrogens with two attached hydrogens (primary N) is 2. The number of hydrazine groups is 1. The van der Waals surface area contributed by atoms with E-state index in [-0.39, 0.29) is 18.4 Å². The first-order chi connectivity index (χ1) is 16.6. The highest BCUT2D eigenvalue weighted by Gasteiger charge is 2.70. The third-order valence-corrected chi connectivity index (χ3v) is 6.51. The highest BCUT2D eigenvalue weighted by atomic mass is 16.5. The van der Waals surface area contributed by atoms with E-state index in [9.17, 15) is 29.1 Å². The number of nitrogens with zero attached hydrogens (tertiary/aromatic N) is 2. The van der Waals surface area contributed by atoms with E-state index in [0.29, 0.717) is 32.2 Å². The number of hydrogen-bond donors (Lipinski definition) is 7. The van der Waals surface area contributed by atoms with E-state index < -0.39 is 66.3 Å². The Labute approximate surface area is 201 Å². The van der Waals surface area contributed by atoms with Crippen molar-refractivity contribution in [3.63, 3.8) is 0 Å². The van der Waals surface area contributed by atoms with E-state index in [0.717, 1.165) is 0 Å². The van der Waals surface area contributed by atoms with Crippen molar-refractivity contribution in [2.24, 2.45) is 22.4 Å². The lowest BCUT2D eigenvalue weighted by Crippen LogP contribution is -2.65. The summed E-state index contributed by atoms with van der Waals surface area (Å²) >= 11 is 0. The number of aliphatic carboxylic acids is 1. The first kappa shape index (κ1) is 26.2. The van der Waals surface area contributed by atoms with Crippen molar-refractivity contribution in [2.75, 3.05) is 26.7 Å². The molecular weight excluding hydrogens is 464 g/mol. The summed E-state index contributed by atoms with van der Waals surface area (Å²) in [5.74, 6) is -4.07. The number of aliphatic imine (C=N–C) groups is 1. The third-order valence-electron chi connectivity index (χ3n) is 6.51. The molecule has 2 bridgehead atoms. The van der Waals surface area contributed by atoms with Gasteiger partial charge in [-0.25, -0.2) is 15.2 Å². The van der Waals surface area contributed by atoms with Crippen LogP contribution in [0.15, 0.2) is 4.99 Å². The van der Waals surface area contributed by atoms with Gasteiger partial charge in [-0.05, 0) is 25.7 Å². The SMILES string of the molecule is COC(=O)[C@]12C[C@H]1C1CCN2N[C@@H](CCCN=C(N)N)C(=O)NCC(=O)N[C@@H](CC(=O)O)C(=O)N1. The fourth-order valence-electron chi connectivity index (χ4n) is 4.75. The molecule has 1 saturated carbocycles. The number of ether oxygens (including phenoxy) is 1. The van der Waals surface area contributed by atoms with Crippen LogP contribution in [0, 0.1) is 5.92 Å². The average molecular weight is 497 g/mol. The lowest BCUT2D eigenvalue weighted by molar-refractivity contribution is -0.155. The predicted octanol–water partition coefficient (Wildman–Crippen LogP) is -3.88. The van der Waals surface area contributed by atoms with Crippen LogP contribution in [0.3, 0.4) is 0 Å². The number of carbonyl (C=O) groups excluding carboxylic acids is 4. The minimum absolute atomic E-state index is 0.0735. The molecule has 3 amide bonds. The molecule has 9 N–H and O–H groups in total. The van der Waals surface area contributed by atoms with Crippen LogP contribution in [0.5, 0.6) is 0 Å². The summed E-state index contributed by atoms with van der Waals surface area (Å²) in [6.07, 6.45) is 0.905. The van der Waals surface area contributed by atoms with Crippen LogP contribution < -0.4 is 32.8 Å². The van der Waals surface area contributed by atoms with Crippen molar-refractivity contribution in [2.45, 2.75) is 55.8 Å². The summed E-state index contributed by atoms with van der Waals surface area (Å²) in [6.45, 7) is 0.122. The number of hydrogen-bond acceptors (Lipinski definition) is 9. The maximum Gasteiger partial charge on any atom is 0.328 e. The summed E-state index contributed by atoms with van der Waals surface area (Å²) in [6, 6.07) is -2.59. The summed E-state index contributed by atoms with van der Waals surface area (Å²) in [4.78, 5) is 66.1. The van der Waals surface area contributed by atoms with Gasteiger partial charge in [0, 0.05) is 25.0 Å². The van der Waals surface area contributed by atoms with Gasteiger partial charge < -0.3 is 37.3 Å². The number of carboxylic acids is 1. The standard InChI is InChI=1S/C20H32N8O7/c1-35-18(34)20-8-10(20)11-4-6-28(20)27-12(3-2-5-23-19(21)22)16(32)24-9-14(29)25-13(7-15(30)31)17(33)26-11/h10-13,27H,2-9H2,1H3,(H,24,32)(H,25,29)(H,26,33)(H,30,31)(H4,21,22,23)/t10-,11?,12-,13-,20-/m0/s1. The summed E-state index contributed by atoms with van der Waals surface area (Å²) in [7, 11) is 1.27. The lowest BCUT2D eigenvalue weighted by Gasteiger charge is -2.40. The number of amides is 3. The van der Waals surface area contributed by atoms with Gasteiger partial charge in [-0.15, -0.1) is 0 Å². The van der Waals surface area contributed by atoms with Crippen LogP contribution in [0.25, 0.3) is 0 Å². The number of carboxylic acid groups (broad SMARTS) is 1. The number of guanidine groups is 1. The first-order valence-corrected chi connectivity index (χ1v) is 11.3. The van der Waals surface area contributed by atoms with Crippen LogP contribution in [0.4, 0.5) is 0 Å². The van der Waals surface area contributed by atoms with Crippen LogP contribution >= 0.6 is 0 Å². The molecule has 0 aromatic rings. The number of methoxy groups -OCH3 is 1. The van der Waals surface area contributed by atoms with Crippen molar-refractivity contribution < 1.29 is 33.8 Å². The molecule has 2 saturated heterocycles. The zero-order chi connectivity index (χ0) is 25.8. The number of nitrogens with one attached hydrogen (secondary N) is 4. The smallest absolute Gasteiger partial charge is 0.328 e. The quantitative estimate of drug-likeness (QED) is 0.0779. The van der Waals surface area contributed by atoms with Crippen LogP contribution in [0.1, 0.15) is 32.1 Å². The Balaban J connectivity index is 1.87. The second-order valence-corrected chi connectivity index (χ2v) is 8.85. The molecule has 15 heteroatoms. The Morgan fingerprint density at radius 3 is 2.60 bits per heavy atom. The van der Waals surface area contributed by atoms with Crippen molar-refractivity contribution >= 4 is 35.6 Å². The van der Waals surface area contributed by atoms with Crippen LogP contribution in [-0.4, -0.2) is 96.1 Å². The molecule has 0 aromatic carbocycles. The molecule has 35 heavy (non-hydrogen) atoms. The van der Waals surface area contributed by atoms with Gasteiger partial charge >= 0.3 is 11.9 Å². The highest BCUT2D eigenvalue weighted by molar-refractivity contribution is 5.93. The second kappa shape index (κ2) is 10.9. The zero-order valence-electron chi connectivity index (χ0n) is 19.4. The number of rotatable bonds is 7. The van der Waals surface area contributed by atoms with Gasteiger partial charge in [0.25, 0.3) is 0 Å². The fraction of sp³-hybridized carbons (Fsp3) is 0.700. The topological polar surface area (TPSA) is 231 Å². The van der Waals surface area contributed by atoms with Gasteiger partial charge in [-0.3, -0.25) is 24.2 Å². The normalized spacial score (nSPS) is 32.7. The fourth-order valence-corrected chi connectivity index (χ4v) is 4.75. The molecular formula is C20H32N8O7. The minimum Gasteiger partial charge on any atom is -0.481 e. The van der Waals surface area contributed by atoms with Crippen molar-refractivity contribution in [1.82, 2.24) is 26.4 Å². The largest absolute Gasteiger partial charge is 0.481 e.